The third-order valence-electron chi connectivity index (χ3n) is 2.92. The lowest BCUT2D eigenvalue weighted by Gasteiger charge is -2.29. The molecule has 0 bridgehead atoms. The lowest BCUT2D eigenvalue weighted by atomic mass is 9.78. The van der Waals surface area contributed by atoms with Crippen LogP contribution in [0.4, 0.5) is 0 Å². The van der Waals surface area contributed by atoms with Gasteiger partial charge in [-0.15, -0.1) is 0 Å². The Balaban J connectivity index is 2.36. The molecule has 1 fully saturated rings. The first-order valence-electron chi connectivity index (χ1n) is 5.06. The Morgan fingerprint density at radius 1 is 1.54 bits per heavy atom. The molecule has 13 heavy (non-hydrogen) atoms. The number of nitrogens with zero attached hydrogens (tertiary/aromatic N) is 1. The fourth-order valence-electron chi connectivity index (χ4n) is 1.79. The zero-order valence-electron chi connectivity index (χ0n) is 8.62. The van der Waals surface area contributed by atoms with Crippen molar-refractivity contribution < 1.29 is 4.79 Å². The van der Waals surface area contributed by atoms with Crippen LogP contribution in [0.15, 0.2) is 0 Å². The molecule has 1 rings (SSSR count). The van der Waals surface area contributed by atoms with Crippen LogP contribution in [0, 0.1) is 11.8 Å². The predicted octanol–water partition coefficient (Wildman–Crippen LogP) is 0.840. The van der Waals surface area contributed by atoms with Gasteiger partial charge in [0.25, 0.3) is 0 Å². The Morgan fingerprint density at radius 3 is 2.46 bits per heavy atom. The minimum atomic E-state index is 0.0558. The third-order valence-corrected chi connectivity index (χ3v) is 2.92. The third kappa shape index (κ3) is 2.69. The van der Waals surface area contributed by atoms with Gasteiger partial charge >= 0.3 is 0 Å². The molecule has 0 heterocycles. The topological polar surface area (TPSA) is 46.3 Å². The predicted molar refractivity (Wildman–Crippen MR) is 53.2 cm³/mol. The first-order valence-corrected chi connectivity index (χ1v) is 5.06. The molecule has 0 spiro atoms. The monoisotopic (exact) mass is 184 g/mol. The van der Waals surface area contributed by atoms with Crippen LogP contribution in [0.3, 0.4) is 0 Å². The quantitative estimate of drug-likeness (QED) is 0.703. The highest BCUT2D eigenvalue weighted by Crippen LogP contribution is 2.32. The van der Waals surface area contributed by atoms with Crippen LogP contribution in [0.2, 0.25) is 0 Å². The van der Waals surface area contributed by atoms with Gasteiger partial charge in [0.05, 0.1) is 5.92 Å². The van der Waals surface area contributed by atoms with Crippen molar-refractivity contribution >= 4 is 5.91 Å². The standard InChI is InChI=1S/C10H20N2O/c1-12(2)10(13)9(7-11)6-8-4-3-5-8/h8-9H,3-7,11H2,1-2H3. The highest BCUT2D eigenvalue weighted by Gasteiger charge is 2.26. The van der Waals surface area contributed by atoms with Crippen LogP contribution >= 0.6 is 0 Å². The van der Waals surface area contributed by atoms with E-state index in [-0.39, 0.29) is 11.8 Å². The van der Waals surface area contributed by atoms with Gasteiger partial charge in [-0.25, -0.2) is 0 Å². The van der Waals surface area contributed by atoms with E-state index in [9.17, 15) is 4.79 Å². The maximum atomic E-state index is 11.6. The maximum absolute atomic E-state index is 11.6. The molecule has 0 saturated heterocycles. The molecule has 0 radical (unpaired) electrons. The van der Waals surface area contributed by atoms with Gasteiger partial charge in [0, 0.05) is 20.6 Å². The van der Waals surface area contributed by atoms with Crippen molar-refractivity contribution in [1.82, 2.24) is 4.90 Å². The summed E-state index contributed by atoms with van der Waals surface area (Å²) in [5, 5.41) is 0. The number of hydrogen-bond acceptors (Lipinski definition) is 2. The maximum Gasteiger partial charge on any atom is 0.226 e. The van der Waals surface area contributed by atoms with Crippen LogP contribution in [0.25, 0.3) is 0 Å². The normalized spacial score (nSPS) is 19.3. The van der Waals surface area contributed by atoms with Crippen molar-refractivity contribution in [3.8, 4) is 0 Å². The molecule has 0 aromatic rings. The summed E-state index contributed by atoms with van der Waals surface area (Å²) in [6.07, 6.45) is 4.90. The molecule has 3 nitrogen and oxygen atoms in total. The van der Waals surface area contributed by atoms with Gasteiger partial charge in [-0.05, 0) is 12.3 Å². The van der Waals surface area contributed by atoms with Crippen LogP contribution in [0.1, 0.15) is 25.7 Å². The summed E-state index contributed by atoms with van der Waals surface area (Å²) in [5.74, 6) is 1.01. The van der Waals surface area contributed by atoms with Gasteiger partial charge in [0.2, 0.25) is 5.91 Å². The van der Waals surface area contributed by atoms with Gasteiger partial charge in [0.15, 0.2) is 0 Å². The van der Waals surface area contributed by atoms with E-state index in [0.717, 1.165) is 12.3 Å². The van der Waals surface area contributed by atoms with Crippen molar-refractivity contribution in [2.24, 2.45) is 17.6 Å². The minimum Gasteiger partial charge on any atom is -0.349 e. The summed E-state index contributed by atoms with van der Waals surface area (Å²) in [7, 11) is 3.59. The summed E-state index contributed by atoms with van der Waals surface area (Å²) in [5.41, 5.74) is 5.59. The Kier molecular flexibility index (Phi) is 3.72. The zero-order valence-corrected chi connectivity index (χ0v) is 8.62. The number of hydrogen-bond donors (Lipinski definition) is 1. The van der Waals surface area contributed by atoms with Crippen molar-refractivity contribution in [1.29, 1.82) is 0 Å². The second-order valence-electron chi connectivity index (χ2n) is 4.20. The summed E-state index contributed by atoms with van der Waals surface area (Å²) >= 11 is 0. The molecular formula is C10H20N2O. The largest absolute Gasteiger partial charge is 0.349 e. The first-order chi connectivity index (χ1) is 6.15. The molecule has 2 N–H and O–H groups in total. The average molecular weight is 184 g/mol. The molecule has 1 aliphatic carbocycles. The Morgan fingerprint density at radius 2 is 2.15 bits per heavy atom. The molecular weight excluding hydrogens is 164 g/mol. The molecule has 76 valence electrons. The molecule has 3 heteroatoms. The van der Waals surface area contributed by atoms with E-state index in [2.05, 4.69) is 0 Å². The van der Waals surface area contributed by atoms with Crippen LogP contribution < -0.4 is 5.73 Å². The molecule has 1 aliphatic rings. The fourth-order valence-corrected chi connectivity index (χ4v) is 1.79. The van der Waals surface area contributed by atoms with Gasteiger partial charge in [-0.1, -0.05) is 19.3 Å². The number of carbonyl (C=O) groups is 1. The van der Waals surface area contributed by atoms with E-state index in [1.54, 1.807) is 19.0 Å². The molecule has 1 atom stereocenters. The number of rotatable bonds is 4. The van der Waals surface area contributed by atoms with Gasteiger partial charge in [-0.2, -0.15) is 0 Å². The Bertz CT molecular complexity index is 176. The summed E-state index contributed by atoms with van der Waals surface area (Å²) in [6, 6.07) is 0. The highest BCUT2D eigenvalue weighted by atomic mass is 16.2. The number of amides is 1. The molecule has 1 unspecified atom stereocenters. The minimum absolute atomic E-state index is 0.0558. The van der Waals surface area contributed by atoms with Crippen molar-refractivity contribution in [2.75, 3.05) is 20.6 Å². The molecule has 0 aromatic heterocycles. The smallest absolute Gasteiger partial charge is 0.226 e. The molecule has 1 saturated carbocycles. The van der Waals surface area contributed by atoms with Crippen molar-refractivity contribution in [2.45, 2.75) is 25.7 Å². The van der Waals surface area contributed by atoms with Gasteiger partial charge in [0.1, 0.15) is 0 Å². The number of carbonyl (C=O) groups excluding carboxylic acids is 1. The Labute approximate surface area is 80.3 Å². The second-order valence-corrected chi connectivity index (χ2v) is 4.20. The van der Waals surface area contributed by atoms with Crippen LogP contribution in [-0.2, 0) is 4.79 Å². The van der Waals surface area contributed by atoms with Crippen LogP contribution in [0.5, 0.6) is 0 Å². The first kappa shape index (κ1) is 10.5. The van der Waals surface area contributed by atoms with E-state index in [4.69, 9.17) is 5.73 Å². The number of nitrogens with two attached hydrogens (primary N) is 1. The summed E-state index contributed by atoms with van der Waals surface area (Å²) in [6.45, 7) is 0.494. The van der Waals surface area contributed by atoms with Crippen LogP contribution in [-0.4, -0.2) is 31.4 Å². The van der Waals surface area contributed by atoms with Crippen molar-refractivity contribution in [3.63, 3.8) is 0 Å². The van der Waals surface area contributed by atoms with E-state index in [0.29, 0.717) is 6.54 Å². The van der Waals surface area contributed by atoms with E-state index >= 15 is 0 Å². The molecule has 0 aromatic carbocycles. The zero-order chi connectivity index (χ0) is 9.84. The second kappa shape index (κ2) is 4.61. The lowest BCUT2D eigenvalue weighted by molar-refractivity contribution is -0.133. The van der Waals surface area contributed by atoms with E-state index in [1.807, 2.05) is 0 Å². The van der Waals surface area contributed by atoms with Crippen molar-refractivity contribution in [3.05, 3.63) is 0 Å². The van der Waals surface area contributed by atoms with Gasteiger partial charge < -0.3 is 10.6 Å². The molecule has 1 amide bonds. The summed E-state index contributed by atoms with van der Waals surface area (Å²) in [4.78, 5) is 13.2. The average Bonchev–Trinajstić information content (AvgIpc) is 2.02. The highest BCUT2D eigenvalue weighted by molar-refractivity contribution is 5.78. The van der Waals surface area contributed by atoms with E-state index in [1.165, 1.54) is 19.3 Å². The Hall–Kier alpha value is -0.570. The molecule has 0 aliphatic heterocycles. The van der Waals surface area contributed by atoms with Gasteiger partial charge in [-0.3, -0.25) is 4.79 Å². The SMILES string of the molecule is CN(C)C(=O)C(CN)CC1CCC1. The summed E-state index contributed by atoms with van der Waals surface area (Å²) < 4.78 is 0. The van der Waals surface area contributed by atoms with E-state index < -0.39 is 0 Å². The lowest BCUT2D eigenvalue weighted by Crippen LogP contribution is -2.36. The fraction of sp³-hybridized carbons (Fsp3) is 0.900.